The molecule has 5 nitrogen and oxygen atoms in total. The lowest BCUT2D eigenvalue weighted by atomic mass is 10.0. The van der Waals surface area contributed by atoms with E-state index in [4.69, 9.17) is 0 Å². The van der Waals surface area contributed by atoms with Gasteiger partial charge in [0.05, 0.1) is 10.6 Å². The van der Waals surface area contributed by atoms with E-state index in [0.29, 0.717) is 18.7 Å². The number of carbonyl (C=O) groups excluding carboxylic acids is 1. The van der Waals surface area contributed by atoms with Gasteiger partial charge in [-0.25, -0.2) is 13.1 Å². The zero-order valence-electron chi connectivity index (χ0n) is 18.0. The van der Waals surface area contributed by atoms with E-state index in [9.17, 15) is 13.2 Å². The van der Waals surface area contributed by atoms with Crippen LogP contribution >= 0.6 is 11.8 Å². The minimum absolute atomic E-state index is 0.145. The minimum atomic E-state index is -3.67. The fourth-order valence-electron chi connectivity index (χ4n) is 3.31. The van der Waals surface area contributed by atoms with E-state index in [2.05, 4.69) is 34.3 Å². The molecule has 0 fully saturated rings. The average Bonchev–Trinajstić information content (AvgIpc) is 2.76. The summed E-state index contributed by atoms with van der Waals surface area (Å²) in [6, 6.07) is 19.2. The lowest BCUT2D eigenvalue weighted by Crippen LogP contribution is -2.25. The van der Waals surface area contributed by atoms with E-state index < -0.39 is 10.0 Å². The zero-order chi connectivity index (χ0) is 22.4. The summed E-state index contributed by atoms with van der Waals surface area (Å²) in [7, 11) is -3.67. The van der Waals surface area contributed by atoms with E-state index in [1.807, 2.05) is 24.5 Å². The molecule has 3 aromatic rings. The molecule has 2 N–H and O–H groups in total. The third-order valence-electron chi connectivity index (χ3n) is 5.06. The number of rotatable bonds is 9. The summed E-state index contributed by atoms with van der Waals surface area (Å²) in [4.78, 5) is 13.1. The van der Waals surface area contributed by atoms with Crippen LogP contribution in [0.2, 0.25) is 0 Å². The minimum Gasteiger partial charge on any atom is -0.325 e. The molecule has 3 rings (SSSR count). The molecule has 0 saturated carbocycles. The van der Waals surface area contributed by atoms with Gasteiger partial charge in [-0.3, -0.25) is 4.79 Å². The summed E-state index contributed by atoms with van der Waals surface area (Å²) in [5, 5.41) is 5.21. The van der Waals surface area contributed by atoms with E-state index in [1.165, 1.54) is 34.2 Å². The second kappa shape index (κ2) is 10.3. The largest absolute Gasteiger partial charge is 0.325 e. The third-order valence-corrected chi connectivity index (χ3v) is 7.31. The van der Waals surface area contributed by atoms with Crippen LogP contribution in [0.25, 0.3) is 10.8 Å². The second-order valence-corrected chi connectivity index (χ2v) is 10.3. The highest BCUT2D eigenvalue weighted by Gasteiger charge is 2.17. The highest BCUT2D eigenvalue weighted by molar-refractivity contribution is 7.98. The Morgan fingerprint density at radius 3 is 2.52 bits per heavy atom. The summed E-state index contributed by atoms with van der Waals surface area (Å²) in [6.45, 7) is 3.93. The maximum atomic E-state index is 12.8. The van der Waals surface area contributed by atoms with Crippen LogP contribution in [-0.4, -0.2) is 27.1 Å². The Morgan fingerprint density at radius 1 is 1.03 bits per heavy atom. The summed E-state index contributed by atoms with van der Waals surface area (Å²) in [5.41, 5.74) is 1.73. The van der Waals surface area contributed by atoms with E-state index in [1.54, 1.807) is 26.0 Å². The first kappa shape index (κ1) is 23.3. The van der Waals surface area contributed by atoms with Gasteiger partial charge in [-0.05, 0) is 53.6 Å². The lowest BCUT2D eigenvalue weighted by molar-refractivity contribution is -0.118. The fraction of sp³-hybridized carbons (Fsp3) is 0.292. The molecule has 164 valence electrons. The van der Waals surface area contributed by atoms with Gasteiger partial charge >= 0.3 is 0 Å². The molecule has 0 unspecified atom stereocenters. The standard InChI is InChI=1S/C24H28N2O3S2/c1-17(2)24(27)26-22-16-20(13-14-23(22)30-3)31(28,29)25-15-7-11-19-10-6-9-18-8-4-5-12-21(18)19/h4-6,8-10,12-14,16-17,25H,7,11,15H2,1-3H3,(H,26,27). The Balaban J connectivity index is 1.67. The predicted molar refractivity (Wildman–Crippen MR) is 129 cm³/mol. The number of fused-ring (bicyclic) bond motifs is 1. The number of benzene rings is 3. The lowest BCUT2D eigenvalue weighted by Gasteiger charge is -2.14. The summed E-state index contributed by atoms with van der Waals surface area (Å²) in [6.07, 6.45) is 3.36. The number of hydrogen-bond donors (Lipinski definition) is 2. The maximum absolute atomic E-state index is 12.8. The molecule has 0 atom stereocenters. The topological polar surface area (TPSA) is 75.3 Å². The molecule has 0 aliphatic heterocycles. The van der Waals surface area contributed by atoms with E-state index in [-0.39, 0.29) is 16.7 Å². The van der Waals surface area contributed by atoms with Crippen molar-refractivity contribution in [1.29, 1.82) is 0 Å². The van der Waals surface area contributed by atoms with Crippen LogP contribution in [0.5, 0.6) is 0 Å². The number of amides is 1. The van der Waals surface area contributed by atoms with E-state index >= 15 is 0 Å². The van der Waals surface area contributed by atoms with Gasteiger partial charge in [0.1, 0.15) is 0 Å². The molecule has 0 aliphatic carbocycles. The molecule has 0 saturated heterocycles. The van der Waals surface area contributed by atoms with Crippen molar-refractivity contribution in [2.75, 3.05) is 18.1 Å². The molecule has 1 amide bonds. The quantitative estimate of drug-likeness (QED) is 0.348. The van der Waals surface area contributed by atoms with Crippen molar-refractivity contribution in [1.82, 2.24) is 4.72 Å². The Bertz CT molecular complexity index is 1170. The molecule has 0 aliphatic rings. The van der Waals surface area contributed by atoms with Crippen LogP contribution in [0.15, 0.2) is 70.5 Å². The Labute approximate surface area is 188 Å². The van der Waals surface area contributed by atoms with Crippen LogP contribution in [0.3, 0.4) is 0 Å². The second-order valence-electron chi connectivity index (χ2n) is 7.65. The van der Waals surface area contributed by atoms with Crippen LogP contribution < -0.4 is 10.0 Å². The van der Waals surface area contributed by atoms with Crippen molar-refractivity contribution < 1.29 is 13.2 Å². The molecule has 7 heteroatoms. The first-order valence-electron chi connectivity index (χ1n) is 10.3. The van der Waals surface area contributed by atoms with Gasteiger partial charge in [-0.1, -0.05) is 56.3 Å². The number of anilines is 1. The van der Waals surface area contributed by atoms with Crippen molar-refractivity contribution >= 4 is 44.2 Å². The number of nitrogens with one attached hydrogen (secondary N) is 2. The highest BCUT2D eigenvalue weighted by atomic mass is 32.2. The van der Waals surface area contributed by atoms with Gasteiger partial charge in [0.2, 0.25) is 15.9 Å². The van der Waals surface area contributed by atoms with Crippen molar-refractivity contribution in [3.05, 3.63) is 66.2 Å². The fourth-order valence-corrected chi connectivity index (χ4v) is 4.94. The Kier molecular flexibility index (Phi) is 7.75. The van der Waals surface area contributed by atoms with Gasteiger partial charge in [0, 0.05) is 17.4 Å². The zero-order valence-corrected chi connectivity index (χ0v) is 19.6. The average molecular weight is 457 g/mol. The normalized spacial score (nSPS) is 11.7. The van der Waals surface area contributed by atoms with Gasteiger partial charge in [0.25, 0.3) is 0 Å². The molecule has 3 aromatic carbocycles. The molecular formula is C24H28N2O3S2. The van der Waals surface area contributed by atoms with Crippen molar-refractivity contribution in [2.24, 2.45) is 5.92 Å². The third kappa shape index (κ3) is 5.87. The highest BCUT2D eigenvalue weighted by Crippen LogP contribution is 2.28. The van der Waals surface area contributed by atoms with Gasteiger partial charge in [-0.15, -0.1) is 11.8 Å². The van der Waals surface area contributed by atoms with Gasteiger partial charge in [-0.2, -0.15) is 0 Å². The molecule has 31 heavy (non-hydrogen) atoms. The summed E-state index contributed by atoms with van der Waals surface area (Å²) < 4.78 is 28.3. The Hall–Kier alpha value is -2.35. The Morgan fingerprint density at radius 2 is 1.77 bits per heavy atom. The first-order chi connectivity index (χ1) is 14.8. The predicted octanol–water partition coefficient (Wildman–Crippen LogP) is 5.07. The smallest absolute Gasteiger partial charge is 0.240 e. The molecule has 0 heterocycles. The van der Waals surface area contributed by atoms with Gasteiger partial charge < -0.3 is 5.32 Å². The van der Waals surface area contributed by atoms with Crippen LogP contribution in [0.1, 0.15) is 25.8 Å². The molecule has 0 radical (unpaired) electrons. The van der Waals surface area contributed by atoms with Crippen LogP contribution in [-0.2, 0) is 21.2 Å². The van der Waals surface area contributed by atoms with Crippen LogP contribution in [0, 0.1) is 5.92 Å². The SMILES string of the molecule is CSc1ccc(S(=O)(=O)NCCCc2cccc3ccccc23)cc1NC(=O)C(C)C. The maximum Gasteiger partial charge on any atom is 0.240 e. The summed E-state index contributed by atoms with van der Waals surface area (Å²) in [5.74, 6) is -0.338. The van der Waals surface area contributed by atoms with Gasteiger partial charge in [0.15, 0.2) is 0 Å². The number of thioether (sulfide) groups is 1. The first-order valence-corrected chi connectivity index (χ1v) is 13.0. The molecule has 0 aromatic heterocycles. The number of carbonyl (C=O) groups is 1. The monoisotopic (exact) mass is 456 g/mol. The number of hydrogen-bond acceptors (Lipinski definition) is 4. The summed E-state index contributed by atoms with van der Waals surface area (Å²) >= 11 is 1.46. The number of aryl methyl sites for hydroxylation is 1. The van der Waals surface area contributed by atoms with Crippen molar-refractivity contribution in [3.63, 3.8) is 0 Å². The van der Waals surface area contributed by atoms with Crippen molar-refractivity contribution in [2.45, 2.75) is 36.5 Å². The van der Waals surface area contributed by atoms with Crippen LogP contribution in [0.4, 0.5) is 5.69 Å². The van der Waals surface area contributed by atoms with Crippen molar-refractivity contribution in [3.8, 4) is 0 Å². The van der Waals surface area contributed by atoms with E-state index in [0.717, 1.165) is 11.3 Å². The number of sulfonamides is 1. The molecule has 0 spiro atoms. The molecule has 0 bridgehead atoms. The molecular weight excluding hydrogens is 428 g/mol.